The zero-order chi connectivity index (χ0) is 19.4. The van der Waals surface area contributed by atoms with Crippen LogP contribution in [0.25, 0.3) is 0 Å². The van der Waals surface area contributed by atoms with Crippen LogP contribution in [0.3, 0.4) is 0 Å². The highest BCUT2D eigenvalue weighted by Gasteiger charge is 2.41. The predicted molar refractivity (Wildman–Crippen MR) is 101 cm³/mol. The molecule has 6 heteroatoms. The number of halogens is 2. The van der Waals surface area contributed by atoms with E-state index in [1.807, 2.05) is 4.90 Å². The average molecular weight is 380 g/mol. The number of likely N-dealkylation sites (tertiary alicyclic amines) is 2. The molecule has 0 saturated carbocycles. The number of hydrogen-bond acceptors (Lipinski definition) is 3. The van der Waals surface area contributed by atoms with E-state index in [9.17, 15) is 13.6 Å². The summed E-state index contributed by atoms with van der Waals surface area (Å²) in [7, 11) is 1.48. The first-order valence-electron chi connectivity index (χ1n) is 9.99. The number of carbonyl (C=O) groups is 1. The van der Waals surface area contributed by atoms with E-state index < -0.39 is 11.6 Å². The van der Waals surface area contributed by atoms with Crippen molar-refractivity contribution in [2.45, 2.75) is 52.0 Å². The third kappa shape index (κ3) is 4.42. The van der Waals surface area contributed by atoms with E-state index in [2.05, 4.69) is 11.8 Å². The molecule has 0 aliphatic carbocycles. The Balaban J connectivity index is 1.73. The van der Waals surface area contributed by atoms with Crippen LogP contribution in [0, 0.1) is 17.0 Å². The van der Waals surface area contributed by atoms with Crippen LogP contribution in [-0.4, -0.2) is 49.0 Å². The third-order valence-electron chi connectivity index (χ3n) is 6.02. The molecular formula is C21H30F2N2O2. The predicted octanol–water partition coefficient (Wildman–Crippen LogP) is 3.98. The van der Waals surface area contributed by atoms with Gasteiger partial charge in [-0.25, -0.2) is 8.78 Å². The first-order valence-corrected chi connectivity index (χ1v) is 9.99. The lowest BCUT2D eigenvalue weighted by atomic mass is 9.73. The molecule has 0 unspecified atom stereocenters. The van der Waals surface area contributed by atoms with Crippen LogP contribution in [0.2, 0.25) is 0 Å². The van der Waals surface area contributed by atoms with Gasteiger partial charge in [-0.05, 0) is 44.4 Å². The summed E-state index contributed by atoms with van der Waals surface area (Å²) in [5.74, 6) is -1.02. The summed E-state index contributed by atoms with van der Waals surface area (Å²) in [6.07, 6.45) is 5.67. The second-order valence-electron chi connectivity index (χ2n) is 8.03. The normalized spacial score (nSPS) is 23.9. The summed E-state index contributed by atoms with van der Waals surface area (Å²) in [4.78, 5) is 16.5. The first-order chi connectivity index (χ1) is 13.0. The van der Waals surface area contributed by atoms with Gasteiger partial charge in [0.1, 0.15) is 5.75 Å². The number of nitrogens with zero attached hydrogens (tertiary/aromatic N) is 2. The second-order valence-corrected chi connectivity index (χ2v) is 8.03. The van der Waals surface area contributed by atoms with E-state index in [0.717, 1.165) is 64.3 Å². The maximum Gasteiger partial charge on any atom is 0.222 e. The standard InChI is InChI=1S/C21H30F2N2O2/c1-3-4-12-25-15-21(10-8-19(25)26)9-5-11-24(14-21)13-16-18(27-2)7-6-17(22)20(16)23/h6-7H,3-5,8-15H2,1-2H3/t21-/m1/s1. The van der Waals surface area contributed by atoms with E-state index in [0.29, 0.717) is 18.7 Å². The molecule has 1 aromatic carbocycles. The largest absolute Gasteiger partial charge is 0.496 e. The van der Waals surface area contributed by atoms with Gasteiger partial charge in [0.05, 0.1) is 7.11 Å². The van der Waals surface area contributed by atoms with Gasteiger partial charge in [-0.3, -0.25) is 9.69 Å². The summed E-state index contributed by atoms with van der Waals surface area (Å²) < 4.78 is 33.3. The molecule has 0 radical (unpaired) electrons. The molecule has 2 aliphatic rings. The Morgan fingerprint density at radius 1 is 1.22 bits per heavy atom. The summed E-state index contributed by atoms with van der Waals surface area (Å²) in [6.45, 7) is 5.73. The van der Waals surface area contributed by atoms with Gasteiger partial charge in [-0.1, -0.05) is 13.3 Å². The number of piperidine rings is 2. The van der Waals surface area contributed by atoms with Crippen molar-refractivity contribution in [2.75, 3.05) is 33.3 Å². The van der Waals surface area contributed by atoms with Crippen molar-refractivity contribution in [3.8, 4) is 5.75 Å². The van der Waals surface area contributed by atoms with Crippen molar-refractivity contribution in [3.05, 3.63) is 29.3 Å². The maximum atomic E-state index is 14.4. The van der Waals surface area contributed by atoms with Gasteiger partial charge in [0.25, 0.3) is 0 Å². The molecule has 0 N–H and O–H groups in total. The highest BCUT2D eigenvalue weighted by atomic mass is 19.2. The molecule has 4 nitrogen and oxygen atoms in total. The molecule has 2 aliphatic heterocycles. The van der Waals surface area contributed by atoms with Gasteiger partial charge >= 0.3 is 0 Å². The second kappa shape index (κ2) is 8.55. The monoisotopic (exact) mass is 380 g/mol. The minimum absolute atomic E-state index is 0.0664. The number of ether oxygens (including phenoxy) is 1. The Labute approximate surface area is 160 Å². The zero-order valence-electron chi connectivity index (χ0n) is 16.4. The molecule has 3 rings (SSSR count). The van der Waals surface area contributed by atoms with Crippen molar-refractivity contribution in [1.82, 2.24) is 9.80 Å². The van der Waals surface area contributed by atoms with Gasteiger partial charge in [0, 0.05) is 43.6 Å². The number of rotatable bonds is 6. The minimum atomic E-state index is -0.841. The lowest BCUT2D eigenvalue weighted by molar-refractivity contribution is -0.139. The number of hydrogen-bond donors (Lipinski definition) is 0. The molecule has 150 valence electrons. The van der Waals surface area contributed by atoms with E-state index in [4.69, 9.17) is 4.74 Å². The van der Waals surface area contributed by atoms with Crippen LogP contribution in [-0.2, 0) is 11.3 Å². The molecule has 0 bridgehead atoms. The van der Waals surface area contributed by atoms with Gasteiger partial charge in [-0.2, -0.15) is 0 Å². The van der Waals surface area contributed by atoms with E-state index in [1.165, 1.54) is 13.2 Å². The van der Waals surface area contributed by atoms with E-state index in [-0.39, 0.29) is 16.9 Å². The van der Waals surface area contributed by atoms with Gasteiger partial charge in [0.15, 0.2) is 11.6 Å². The Kier molecular flexibility index (Phi) is 6.35. The molecule has 1 amide bonds. The number of unbranched alkanes of at least 4 members (excludes halogenated alkanes) is 1. The Morgan fingerprint density at radius 2 is 2.04 bits per heavy atom. The lowest BCUT2D eigenvalue weighted by Crippen LogP contribution is -2.54. The van der Waals surface area contributed by atoms with Crippen molar-refractivity contribution in [2.24, 2.45) is 5.41 Å². The molecule has 0 aromatic heterocycles. The SMILES string of the molecule is CCCCN1C[C@]2(CCCN(Cc3c(OC)ccc(F)c3F)C2)CCC1=O. The van der Waals surface area contributed by atoms with Gasteiger partial charge in [-0.15, -0.1) is 0 Å². The highest BCUT2D eigenvalue weighted by molar-refractivity contribution is 5.77. The van der Waals surface area contributed by atoms with Crippen molar-refractivity contribution in [1.29, 1.82) is 0 Å². The molecule has 2 fully saturated rings. The fourth-order valence-electron chi connectivity index (χ4n) is 4.57. The van der Waals surface area contributed by atoms with Crippen LogP contribution in [0.4, 0.5) is 8.78 Å². The molecule has 2 heterocycles. The van der Waals surface area contributed by atoms with Crippen LogP contribution in [0.15, 0.2) is 12.1 Å². The number of benzene rings is 1. The minimum Gasteiger partial charge on any atom is -0.496 e. The highest BCUT2D eigenvalue weighted by Crippen LogP contribution is 2.40. The number of methoxy groups -OCH3 is 1. The summed E-state index contributed by atoms with van der Waals surface area (Å²) in [5.41, 5.74) is 0.348. The smallest absolute Gasteiger partial charge is 0.222 e. The molecule has 1 aromatic rings. The molecule has 27 heavy (non-hydrogen) atoms. The molecule has 2 saturated heterocycles. The third-order valence-corrected chi connectivity index (χ3v) is 6.02. The van der Waals surface area contributed by atoms with Gasteiger partial charge < -0.3 is 9.64 Å². The fourth-order valence-corrected chi connectivity index (χ4v) is 4.57. The topological polar surface area (TPSA) is 32.8 Å². The first kappa shape index (κ1) is 20.1. The quantitative estimate of drug-likeness (QED) is 0.748. The van der Waals surface area contributed by atoms with Crippen LogP contribution in [0.1, 0.15) is 51.0 Å². The Hall–Kier alpha value is -1.69. The van der Waals surface area contributed by atoms with Crippen molar-refractivity contribution in [3.63, 3.8) is 0 Å². The van der Waals surface area contributed by atoms with E-state index in [1.54, 1.807) is 0 Å². The lowest BCUT2D eigenvalue weighted by Gasteiger charge is -2.48. The maximum absolute atomic E-state index is 14.4. The summed E-state index contributed by atoms with van der Waals surface area (Å²) in [6, 6.07) is 2.59. The van der Waals surface area contributed by atoms with Crippen LogP contribution in [0.5, 0.6) is 5.75 Å². The average Bonchev–Trinajstić information content (AvgIpc) is 2.67. The molecule has 1 spiro atoms. The van der Waals surface area contributed by atoms with Crippen LogP contribution < -0.4 is 4.74 Å². The molecule has 1 atom stereocenters. The zero-order valence-corrected chi connectivity index (χ0v) is 16.4. The fraction of sp³-hybridized carbons (Fsp3) is 0.667. The summed E-state index contributed by atoms with van der Waals surface area (Å²) in [5, 5.41) is 0. The summed E-state index contributed by atoms with van der Waals surface area (Å²) >= 11 is 0. The van der Waals surface area contributed by atoms with Gasteiger partial charge in [0.2, 0.25) is 5.91 Å². The van der Waals surface area contributed by atoms with Crippen molar-refractivity contribution < 1.29 is 18.3 Å². The number of carbonyl (C=O) groups excluding carboxylic acids is 1. The van der Waals surface area contributed by atoms with Crippen molar-refractivity contribution >= 4 is 5.91 Å². The number of amides is 1. The molecular weight excluding hydrogens is 350 g/mol. The van der Waals surface area contributed by atoms with Crippen LogP contribution >= 0.6 is 0 Å². The van der Waals surface area contributed by atoms with E-state index >= 15 is 0 Å². The Morgan fingerprint density at radius 3 is 2.78 bits per heavy atom. The Bertz CT molecular complexity index is 682.